The average molecular weight is 982 g/mol. The van der Waals surface area contributed by atoms with Crippen LogP contribution in [0.25, 0.3) is 33.4 Å². The van der Waals surface area contributed by atoms with Crippen LogP contribution in [-0.4, -0.2) is 6.71 Å². The molecule has 0 bridgehead atoms. The zero-order chi connectivity index (χ0) is 52.1. The number of hydrogen-bond acceptors (Lipinski definition) is 3. The third kappa shape index (κ3) is 7.88. The Morgan fingerprint density at radius 1 is 0.395 bits per heavy atom. The fourth-order valence-electron chi connectivity index (χ4n) is 13.3. The molecule has 0 fully saturated rings. The van der Waals surface area contributed by atoms with Crippen molar-refractivity contribution in [2.45, 2.75) is 78.1 Å². The highest BCUT2D eigenvalue weighted by Gasteiger charge is 2.49. The van der Waals surface area contributed by atoms with Gasteiger partial charge in [-0.3, -0.25) is 0 Å². The molecule has 76 heavy (non-hydrogen) atoms. The predicted octanol–water partition coefficient (Wildman–Crippen LogP) is 17.8. The Morgan fingerprint density at radius 2 is 0.855 bits per heavy atom. The zero-order valence-electron chi connectivity index (χ0n) is 45.1. The van der Waals surface area contributed by atoms with Crippen molar-refractivity contribution in [1.82, 2.24) is 0 Å². The lowest BCUT2D eigenvalue weighted by molar-refractivity contribution is 0.403. The molecule has 13 rings (SSSR count). The van der Waals surface area contributed by atoms with Crippen LogP contribution in [0, 0.1) is 6.92 Å². The molecule has 0 amide bonds. The summed E-state index contributed by atoms with van der Waals surface area (Å²) in [4.78, 5) is 7.73. The Hall–Kier alpha value is -8.34. The van der Waals surface area contributed by atoms with Gasteiger partial charge < -0.3 is 14.7 Å². The van der Waals surface area contributed by atoms with Crippen LogP contribution in [0.15, 0.2) is 231 Å². The lowest BCUT2D eigenvalue weighted by Gasteiger charge is -2.46. The van der Waals surface area contributed by atoms with E-state index in [0.29, 0.717) is 0 Å². The highest BCUT2D eigenvalue weighted by Crippen LogP contribution is 2.55. The summed E-state index contributed by atoms with van der Waals surface area (Å²) in [6, 6.07) is 86.5. The van der Waals surface area contributed by atoms with Crippen molar-refractivity contribution in [2.24, 2.45) is 0 Å². The van der Waals surface area contributed by atoms with Crippen LogP contribution < -0.4 is 31.1 Å². The minimum atomic E-state index is -0.0927. The van der Waals surface area contributed by atoms with Gasteiger partial charge >= 0.3 is 0 Å². The molecule has 10 aromatic rings. The van der Waals surface area contributed by atoms with Crippen molar-refractivity contribution in [3.63, 3.8) is 0 Å². The maximum absolute atomic E-state index is 2.65. The second-order valence-electron chi connectivity index (χ2n) is 23.8. The van der Waals surface area contributed by atoms with E-state index in [9.17, 15) is 0 Å². The molecule has 3 aliphatic rings. The molecule has 10 aromatic carbocycles. The van der Waals surface area contributed by atoms with E-state index in [0.717, 1.165) is 29.2 Å². The fraction of sp³-hybridized carbons (Fsp3) is 0.167. The van der Waals surface area contributed by atoms with Crippen LogP contribution in [0.4, 0.5) is 51.2 Å². The summed E-state index contributed by atoms with van der Waals surface area (Å²) >= 11 is 0. The first kappa shape index (κ1) is 47.4. The zero-order valence-corrected chi connectivity index (χ0v) is 45.1. The van der Waals surface area contributed by atoms with E-state index in [4.69, 9.17) is 0 Å². The van der Waals surface area contributed by atoms with Crippen LogP contribution in [-0.2, 0) is 16.2 Å². The normalized spacial score (nSPS) is 14.7. The summed E-state index contributed by atoms with van der Waals surface area (Å²) in [5.41, 5.74) is 26.9. The third-order valence-electron chi connectivity index (χ3n) is 16.7. The number of aryl methyl sites for hydroxylation is 1. The summed E-state index contributed by atoms with van der Waals surface area (Å²) in [5, 5.41) is 0. The molecular formula is C72H64BN3. The van der Waals surface area contributed by atoms with Gasteiger partial charge in [0.25, 0.3) is 6.71 Å². The molecule has 0 atom stereocenters. The molecule has 0 saturated carbocycles. The van der Waals surface area contributed by atoms with E-state index < -0.39 is 0 Å². The number of para-hydroxylation sites is 2. The monoisotopic (exact) mass is 982 g/mol. The molecule has 0 radical (unpaired) electrons. The highest BCUT2D eigenvalue weighted by molar-refractivity contribution is 7.00. The molecule has 4 heteroatoms. The van der Waals surface area contributed by atoms with Gasteiger partial charge in [0.1, 0.15) is 0 Å². The third-order valence-corrected chi connectivity index (χ3v) is 16.7. The Kier molecular flexibility index (Phi) is 11.2. The van der Waals surface area contributed by atoms with Crippen molar-refractivity contribution in [3.05, 3.63) is 253 Å². The largest absolute Gasteiger partial charge is 0.311 e. The van der Waals surface area contributed by atoms with Crippen molar-refractivity contribution in [2.75, 3.05) is 14.7 Å². The van der Waals surface area contributed by atoms with E-state index in [1.807, 2.05) is 0 Å². The maximum Gasteiger partial charge on any atom is 0.252 e. The van der Waals surface area contributed by atoms with Gasteiger partial charge in [-0.1, -0.05) is 206 Å². The molecule has 1 aliphatic carbocycles. The summed E-state index contributed by atoms with van der Waals surface area (Å²) in [6.45, 7) is 19.0. The molecule has 0 N–H and O–H groups in total. The van der Waals surface area contributed by atoms with Crippen LogP contribution in [0.2, 0.25) is 0 Å². The van der Waals surface area contributed by atoms with E-state index in [-0.39, 0.29) is 23.0 Å². The maximum atomic E-state index is 2.65. The summed E-state index contributed by atoms with van der Waals surface area (Å²) < 4.78 is 0. The van der Waals surface area contributed by atoms with E-state index in [1.165, 1.54) is 100 Å². The molecule has 2 heterocycles. The number of rotatable bonds is 8. The molecule has 370 valence electrons. The molecule has 0 unspecified atom stereocenters. The minimum Gasteiger partial charge on any atom is -0.311 e. The van der Waals surface area contributed by atoms with Crippen molar-refractivity contribution >= 4 is 74.3 Å². The predicted molar refractivity (Wildman–Crippen MR) is 326 cm³/mol. The van der Waals surface area contributed by atoms with Crippen LogP contribution >= 0.6 is 0 Å². The van der Waals surface area contributed by atoms with Gasteiger partial charge in [-0.25, -0.2) is 0 Å². The lowest BCUT2D eigenvalue weighted by atomic mass is 9.33. The van der Waals surface area contributed by atoms with Gasteiger partial charge in [-0.15, -0.1) is 0 Å². The van der Waals surface area contributed by atoms with Gasteiger partial charge in [-0.2, -0.15) is 0 Å². The van der Waals surface area contributed by atoms with Gasteiger partial charge in [0, 0.05) is 45.4 Å². The van der Waals surface area contributed by atoms with Crippen molar-refractivity contribution < 1.29 is 0 Å². The second-order valence-corrected chi connectivity index (χ2v) is 23.8. The van der Waals surface area contributed by atoms with E-state index >= 15 is 0 Å². The fourth-order valence-corrected chi connectivity index (χ4v) is 13.3. The number of nitrogens with zero attached hydrogens (tertiary/aromatic N) is 3. The van der Waals surface area contributed by atoms with Gasteiger partial charge in [0.05, 0.1) is 11.4 Å². The summed E-state index contributed by atoms with van der Waals surface area (Å²) in [5.74, 6) is 0. The molecule has 2 aliphatic heterocycles. The quantitative estimate of drug-likeness (QED) is 0.141. The van der Waals surface area contributed by atoms with Gasteiger partial charge in [0.2, 0.25) is 0 Å². The van der Waals surface area contributed by atoms with E-state index in [1.54, 1.807) is 0 Å². The first-order chi connectivity index (χ1) is 36.7. The Labute approximate surface area is 450 Å². The summed E-state index contributed by atoms with van der Waals surface area (Å²) in [6.07, 6.45) is 1.08. The minimum absolute atomic E-state index is 0.0143. The number of anilines is 9. The second kappa shape index (κ2) is 17.9. The molecule has 0 saturated heterocycles. The summed E-state index contributed by atoms with van der Waals surface area (Å²) in [7, 11) is 0. The SMILES string of the molecule is Cc1cc(-c2ccccc2)ccc1N1c2cc3c(cc2B2c4cc(-c5ccccc5)ccc4N(c4ccc(C(C)(C)C)cc4-c4ccccc4)c4cc(N(c5ccccc5)c5ccccc5)cc1c42)C(C)(C)CC3(C)C. The number of hydrogen-bond donors (Lipinski definition) is 0. The first-order valence-electron chi connectivity index (χ1n) is 27.2. The van der Waals surface area contributed by atoms with E-state index in [2.05, 4.69) is 301 Å². The number of benzene rings is 10. The molecule has 0 aromatic heterocycles. The van der Waals surface area contributed by atoms with Crippen molar-refractivity contribution in [1.29, 1.82) is 0 Å². The highest BCUT2D eigenvalue weighted by atomic mass is 15.2. The Morgan fingerprint density at radius 3 is 1.39 bits per heavy atom. The molecule has 3 nitrogen and oxygen atoms in total. The van der Waals surface area contributed by atoms with Crippen LogP contribution in [0.5, 0.6) is 0 Å². The lowest BCUT2D eigenvalue weighted by Crippen LogP contribution is -2.61. The smallest absolute Gasteiger partial charge is 0.252 e. The number of fused-ring (bicyclic) bond motifs is 5. The topological polar surface area (TPSA) is 9.72 Å². The molecular weight excluding hydrogens is 918 g/mol. The average Bonchev–Trinajstić information content (AvgIpc) is 3.83. The Bertz CT molecular complexity index is 3800. The van der Waals surface area contributed by atoms with Crippen molar-refractivity contribution in [3.8, 4) is 33.4 Å². The van der Waals surface area contributed by atoms with Gasteiger partial charge in [-0.05, 0) is 169 Å². The Balaban J connectivity index is 1.19. The van der Waals surface area contributed by atoms with Gasteiger partial charge in [0.15, 0.2) is 0 Å². The first-order valence-corrected chi connectivity index (χ1v) is 27.2. The standard InChI is InChI=1S/C72H64BN3/c1-48-40-52(49-24-14-9-15-25-49)34-37-63(48)75-66-46-60-59(71(5,6)47-72(60,7)8)45-62(66)73-61-41-53(50-26-16-10-17-27-50)35-38-65(61)76(64-39-36-54(70(2,3)4)42-58(64)51-28-18-11-19-29-51)68-44-57(43-67(75)69(68)73)74(55-30-20-12-21-31-55)56-32-22-13-23-33-56/h9-46H,47H2,1-8H3. The van der Waals surface area contributed by atoms with Crippen LogP contribution in [0.1, 0.15) is 77.1 Å². The van der Waals surface area contributed by atoms with Crippen LogP contribution in [0.3, 0.4) is 0 Å². The molecule has 0 spiro atoms.